The molecular weight excluding hydrogens is 451 g/mol. The number of carbonyl (C=O) groups excluding carboxylic acids is 1. The Hall–Kier alpha value is -0.780. The highest BCUT2D eigenvalue weighted by molar-refractivity contribution is 14.1. The van der Waals surface area contributed by atoms with E-state index < -0.39 is 0 Å². The molecule has 4 heteroatoms. The largest absolute Gasteiger partial charge is 0.496 e. The number of alkyl halides is 1. The normalized spacial score (nSPS) is 39.9. The highest BCUT2D eigenvalue weighted by Gasteiger charge is 2.62. The molecule has 3 aliphatic rings. The maximum Gasteiger partial charge on any atom is 0.298 e. The number of hydrogen-bond acceptors (Lipinski definition) is 3. The predicted molar refractivity (Wildman–Crippen MR) is 116 cm³/mol. The summed E-state index contributed by atoms with van der Waals surface area (Å²) < 4.78 is 12.4. The summed E-state index contributed by atoms with van der Waals surface area (Å²) in [7, 11) is 1.75. The van der Waals surface area contributed by atoms with Gasteiger partial charge in [0.1, 0.15) is 11.5 Å². The molecule has 1 aromatic carbocycles. The summed E-state index contributed by atoms with van der Waals surface area (Å²) >= 11 is 2.61. The van der Waals surface area contributed by atoms with Crippen LogP contribution in [0.25, 0.3) is 0 Å². The van der Waals surface area contributed by atoms with Crippen molar-refractivity contribution >= 4 is 29.1 Å². The molecular formula is C23H31IO3. The van der Waals surface area contributed by atoms with Gasteiger partial charge in [0.2, 0.25) is 0 Å². The van der Waals surface area contributed by atoms with E-state index in [1.165, 1.54) is 47.7 Å². The van der Waals surface area contributed by atoms with Crippen LogP contribution in [0, 0.1) is 22.7 Å². The van der Waals surface area contributed by atoms with Crippen LogP contribution in [0.1, 0.15) is 64.0 Å². The SMILES string of the molecule is COc1ccc(OC=O)c2c1C[C@@H]1[C@@]3(C)CCC[C@@](C)(CI)[C@@H]3CC[C@]21C. The lowest BCUT2D eigenvalue weighted by molar-refractivity contribution is -0.120. The average molecular weight is 482 g/mol. The first kappa shape index (κ1) is 19.5. The minimum atomic E-state index is 0.0526. The zero-order chi connectivity index (χ0) is 19.4. The maximum atomic E-state index is 11.2. The van der Waals surface area contributed by atoms with E-state index in [0.717, 1.165) is 23.8 Å². The van der Waals surface area contributed by atoms with Crippen LogP contribution in [0.4, 0.5) is 0 Å². The van der Waals surface area contributed by atoms with E-state index in [0.29, 0.717) is 23.2 Å². The lowest BCUT2D eigenvalue weighted by Gasteiger charge is -2.61. The predicted octanol–water partition coefficient (Wildman–Crippen LogP) is 5.70. The molecule has 3 aliphatic carbocycles. The van der Waals surface area contributed by atoms with Crippen molar-refractivity contribution < 1.29 is 14.3 Å². The monoisotopic (exact) mass is 482 g/mol. The van der Waals surface area contributed by atoms with Crippen LogP contribution >= 0.6 is 22.6 Å². The van der Waals surface area contributed by atoms with E-state index in [4.69, 9.17) is 9.47 Å². The Bertz CT molecular complexity index is 762. The Morgan fingerprint density at radius 1 is 1.15 bits per heavy atom. The number of halogens is 1. The van der Waals surface area contributed by atoms with Gasteiger partial charge in [0.15, 0.2) is 0 Å². The third-order valence-electron chi connectivity index (χ3n) is 8.53. The molecule has 0 heterocycles. The highest BCUT2D eigenvalue weighted by Crippen LogP contribution is 2.69. The Morgan fingerprint density at radius 3 is 2.56 bits per heavy atom. The highest BCUT2D eigenvalue weighted by atomic mass is 127. The maximum absolute atomic E-state index is 11.2. The van der Waals surface area contributed by atoms with E-state index in [9.17, 15) is 4.79 Å². The van der Waals surface area contributed by atoms with Gasteiger partial charge in [-0.1, -0.05) is 49.8 Å². The number of benzene rings is 1. The summed E-state index contributed by atoms with van der Waals surface area (Å²) in [5.41, 5.74) is 3.33. The number of carbonyl (C=O) groups is 1. The molecule has 0 radical (unpaired) electrons. The van der Waals surface area contributed by atoms with Crippen LogP contribution in [-0.2, 0) is 16.6 Å². The Balaban J connectivity index is 1.85. The second-order valence-electron chi connectivity index (χ2n) is 9.75. The molecule has 148 valence electrons. The molecule has 4 rings (SSSR count). The van der Waals surface area contributed by atoms with Crippen LogP contribution in [0.2, 0.25) is 0 Å². The van der Waals surface area contributed by atoms with Crippen molar-refractivity contribution in [2.45, 2.75) is 64.7 Å². The third kappa shape index (κ3) is 2.61. The Kier molecular flexibility index (Phi) is 4.80. The van der Waals surface area contributed by atoms with Crippen molar-refractivity contribution in [3.8, 4) is 11.5 Å². The van der Waals surface area contributed by atoms with E-state index in [1.54, 1.807) is 7.11 Å². The Morgan fingerprint density at radius 2 is 1.89 bits per heavy atom. The fourth-order valence-electron chi connectivity index (χ4n) is 7.36. The van der Waals surface area contributed by atoms with E-state index >= 15 is 0 Å². The van der Waals surface area contributed by atoms with Gasteiger partial charge in [0.25, 0.3) is 6.47 Å². The van der Waals surface area contributed by atoms with Crippen molar-refractivity contribution in [2.24, 2.45) is 22.7 Å². The van der Waals surface area contributed by atoms with Crippen molar-refractivity contribution in [1.29, 1.82) is 0 Å². The van der Waals surface area contributed by atoms with Gasteiger partial charge in [0, 0.05) is 21.0 Å². The number of ether oxygens (including phenoxy) is 2. The number of fused-ring (bicyclic) bond motifs is 5. The first-order valence-electron chi connectivity index (χ1n) is 10.2. The fourth-order valence-corrected chi connectivity index (χ4v) is 8.27. The summed E-state index contributed by atoms with van der Waals surface area (Å²) in [4.78, 5) is 11.2. The summed E-state index contributed by atoms with van der Waals surface area (Å²) in [5.74, 6) is 3.03. The van der Waals surface area contributed by atoms with Gasteiger partial charge >= 0.3 is 0 Å². The van der Waals surface area contributed by atoms with Gasteiger partial charge in [-0.15, -0.1) is 0 Å². The lowest BCUT2D eigenvalue weighted by Crippen LogP contribution is -2.56. The minimum Gasteiger partial charge on any atom is -0.496 e. The summed E-state index contributed by atoms with van der Waals surface area (Å²) in [6.45, 7) is 8.06. The Labute approximate surface area is 176 Å². The van der Waals surface area contributed by atoms with Crippen LogP contribution in [0.15, 0.2) is 12.1 Å². The van der Waals surface area contributed by atoms with Gasteiger partial charge in [-0.3, -0.25) is 4.79 Å². The zero-order valence-electron chi connectivity index (χ0n) is 16.9. The second kappa shape index (κ2) is 6.64. The molecule has 3 nitrogen and oxygen atoms in total. The molecule has 0 aromatic heterocycles. The molecule has 5 atom stereocenters. The summed E-state index contributed by atoms with van der Waals surface area (Å²) in [5, 5.41) is 0. The second-order valence-corrected chi connectivity index (χ2v) is 10.5. The molecule has 2 saturated carbocycles. The molecule has 27 heavy (non-hydrogen) atoms. The third-order valence-corrected chi connectivity index (χ3v) is 10.3. The van der Waals surface area contributed by atoms with Crippen molar-refractivity contribution in [3.63, 3.8) is 0 Å². The van der Waals surface area contributed by atoms with E-state index in [2.05, 4.69) is 43.4 Å². The molecule has 0 aliphatic heterocycles. The summed E-state index contributed by atoms with van der Waals surface area (Å²) in [6.07, 6.45) is 7.46. The fraction of sp³-hybridized carbons (Fsp3) is 0.696. The summed E-state index contributed by atoms with van der Waals surface area (Å²) in [6, 6.07) is 3.89. The molecule has 0 saturated heterocycles. The number of hydrogen-bond donors (Lipinski definition) is 0. The van der Waals surface area contributed by atoms with Crippen molar-refractivity contribution in [3.05, 3.63) is 23.3 Å². The van der Waals surface area contributed by atoms with E-state index in [-0.39, 0.29) is 5.41 Å². The standard InChI is InChI=1S/C23H31IO3/c1-21(13-24)9-5-10-22(2)18(21)8-11-23(3)19(22)12-15-16(26-4)6-7-17(20(15)23)27-14-25/h6-7,14,18-19H,5,8-13H2,1-4H3/t18-,19+,21-,22-,23-/m0/s1. The minimum absolute atomic E-state index is 0.0526. The first-order chi connectivity index (χ1) is 12.8. The lowest BCUT2D eigenvalue weighted by atomic mass is 9.43. The van der Waals surface area contributed by atoms with Gasteiger partial charge in [0.05, 0.1) is 7.11 Å². The van der Waals surface area contributed by atoms with Crippen LogP contribution in [-0.4, -0.2) is 18.0 Å². The molecule has 1 aromatic rings. The average Bonchev–Trinajstić information content (AvgIpc) is 2.97. The van der Waals surface area contributed by atoms with Crippen LogP contribution in [0.5, 0.6) is 11.5 Å². The molecule has 0 amide bonds. The molecule has 0 unspecified atom stereocenters. The topological polar surface area (TPSA) is 35.5 Å². The van der Waals surface area contributed by atoms with Gasteiger partial charge in [-0.05, 0) is 66.9 Å². The first-order valence-corrected chi connectivity index (χ1v) is 11.7. The zero-order valence-corrected chi connectivity index (χ0v) is 19.1. The van der Waals surface area contributed by atoms with Crippen molar-refractivity contribution in [1.82, 2.24) is 0 Å². The smallest absolute Gasteiger partial charge is 0.298 e. The van der Waals surface area contributed by atoms with Crippen molar-refractivity contribution in [2.75, 3.05) is 11.5 Å². The number of rotatable bonds is 4. The quantitative estimate of drug-likeness (QED) is 0.314. The van der Waals surface area contributed by atoms with Crippen LogP contribution in [0.3, 0.4) is 0 Å². The molecule has 0 bridgehead atoms. The molecule has 2 fully saturated rings. The van der Waals surface area contributed by atoms with Gasteiger partial charge < -0.3 is 9.47 Å². The van der Waals surface area contributed by atoms with Crippen LogP contribution < -0.4 is 9.47 Å². The number of methoxy groups -OCH3 is 1. The van der Waals surface area contributed by atoms with Gasteiger partial charge in [-0.25, -0.2) is 0 Å². The van der Waals surface area contributed by atoms with Gasteiger partial charge in [-0.2, -0.15) is 0 Å². The van der Waals surface area contributed by atoms with E-state index in [1.807, 2.05) is 12.1 Å². The molecule has 0 spiro atoms. The molecule has 0 N–H and O–H groups in total.